The molecule has 2 heterocycles. The number of para-hydroxylation sites is 3. The van der Waals surface area contributed by atoms with E-state index in [1.165, 1.54) is 22.3 Å². The third-order valence-corrected chi connectivity index (χ3v) is 8.20. The fourth-order valence-corrected chi connectivity index (χ4v) is 6.50. The molecule has 0 saturated carbocycles. The molecule has 0 fully saturated rings. The lowest BCUT2D eigenvalue weighted by atomic mass is 9.90. The van der Waals surface area contributed by atoms with E-state index in [1.807, 2.05) is 36.4 Å². The number of anilines is 2. The molecule has 6 aromatic rings. The largest absolute Gasteiger partial charge is 0.507 e. The highest BCUT2D eigenvalue weighted by molar-refractivity contribution is 6.12. The first-order valence-corrected chi connectivity index (χ1v) is 13.4. The lowest BCUT2D eigenvalue weighted by Gasteiger charge is -2.30. The Morgan fingerprint density at radius 2 is 1.36 bits per heavy atom. The second kappa shape index (κ2) is 8.50. The number of rotatable bonds is 3. The molecule has 1 aliphatic carbocycles. The van der Waals surface area contributed by atoms with Gasteiger partial charge < -0.3 is 14.6 Å². The summed E-state index contributed by atoms with van der Waals surface area (Å²) in [6, 6.07) is 42.3. The quantitative estimate of drug-likeness (QED) is 0.262. The molecule has 1 aromatic heterocycles. The predicted molar refractivity (Wildman–Crippen MR) is 162 cm³/mol. The second-order valence-electron chi connectivity index (χ2n) is 10.3. The average Bonchev–Trinajstić information content (AvgIpc) is 3.49. The molecule has 3 nitrogen and oxygen atoms in total. The highest BCUT2D eigenvalue weighted by Crippen LogP contribution is 2.49. The molecule has 186 valence electrons. The number of nitrogens with zero attached hydrogens (tertiary/aromatic N) is 2. The number of benzene rings is 5. The molecular formula is C36H26N2O. The predicted octanol–water partition coefficient (Wildman–Crippen LogP) is 8.88. The van der Waals surface area contributed by atoms with Gasteiger partial charge >= 0.3 is 0 Å². The Morgan fingerprint density at radius 3 is 2.21 bits per heavy atom. The molecule has 1 N–H and O–H groups in total. The van der Waals surface area contributed by atoms with Crippen molar-refractivity contribution in [2.45, 2.75) is 12.0 Å². The standard InChI is InChI=1S/C36H26N2O/c39-36-23-35-31(22-29(36)24-11-3-1-4-12-24)28-16-8-10-18-33(28)38(35)26-19-20-34-30(21-26)27-15-7-9-17-32(27)37(34)25-13-5-2-6-14-25/h1-23,30,34,39H. The van der Waals surface area contributed by atoms with E-state index in [0.717, 1.165) is 33.2 Å². The Balaban J connectivity index is 1.32. The monoisotopic (exact) mass is 502 g/mol. The molecule has 5 aromatic carbocycles. The molecular weight excluding hydrogens is 476 g/mol. The minimum Gasteiger partial charge on any atom is -0.507 e. The zero-order chi connectivity index (χ0) is 25.9. The SMILES string of the molecule is Oc1cc2c(cc1-c1ccccc1)c1ccccc1n2C1=CC2c3ccccc3N(c3ccccc3)C2C=C1. The van der Waals surface area contributed by atoms with Crippen LogP contribution in [0.15, 0.2) is 140 Å². The lowest BCUT2D eigenvalue weighted by molar-refractivity contribution is 0.478. The first kappa shape index (κ1) is 22.0. The number of aromatic nitrogens is 1. The summed E-state index contributed by atoms with van der Waals surface area (Å²) in [5.41, 5.74) is 8.93. The Morgan fingerprint density at radius 1 is 0.641 bits per heavy atom. The molecule has 0 spiro atoms. The van der Waals surface area contributed by atoms with E-state index < -0.39 is 0 Å². The smallest absolute Gasteiger partial charge is 0.125 e. The van der Waals surface area contributed by atoms with Gasteiger partial charge in [-0.15, -0.1) is 0 Å². The Hall–Kier alpha value is -5.02. The number of phenolic OH excluding ortho intramolecular Hbond substituents is 1. The number of allylic oxidation sites excluding steroid dienone is 2. The minimum absolute atomic E-state index is 0.208. The normalized spacial score (nSPS) is 17.8. The maximum atomic E-state index is 11.2. The highest BCUT2D eigenvalue weighted by Gasteiger charge is 2.38. The molecule has 3 heteroatoms. The van der Waals surface area contributed by atoms with Crippen molar-refractivity contribution in [1.82, 2.24) is 4.57 Å². The Bertz CT molecular complexity index is 1930. The van der Waals surface area contributed by atoms with E-state index in [4.69, 9.17) is 0 Å². The number of fused-ring (bicyclic) bond motifs is 6. The highest BCUT2D eigenvalue weighted by atomic mass is 16.3. The first-order valence-electron chi connectivity index (χ1n) is 13.4. The van der Waals surface area contributed by atoms with Crippen LogP contribution >= 0.6 is 0 Å². The van der Waals surface area contributed by atoms with Crippen molar-refractivity contribution in [3.63, 3.8) is 0 Å². The van der Waals surface area contributed by atoms with Crippen LogP contribution in [0, 0.1) is 0 Å². The van der Waals surface area contributed by atoms with Gasteiger partial charge in [-0.2, -0.15) is 0 Å². The van der Waals surface area contributed by atoms with Crippen molar-refractivity contribution in [2.24, 2.45) is 0 Å². The van der Waals surface area contributed by atoms with Gasteiger partial charge in [0.15, 0.2) is 0 Å². The topological polar surface area (TPSA) is 28.4 Å². The summed E-state index contributed by atoms with van der Waals surface area (Å²) in [7, 11) is 0. The van der Waals surface area contributed by atoms with Crippen molar-refractivity contribution in [1.29, 1.82) is 0 Å². The van der Waals surface area contributed by atoms with Gasteiger partial charge in [0.1, 0.15) is 5.75 Å². The van der Waals surface area contributed by atoms with Crippen molar-refractivity contribution in [3.05, 3.63) is 145 Å². The molecule has 2 aliphatic rings. The molecule has 8 rings (SSSR count). The van der Waals surface area contributed by atoms with E-state index in [9.17, 15) is 5.11 Å². The molecule has 0 saturated heterocycles. The van der Waals surface area contributed by atoms with Crippen LogP contribution in [-0.4, -0.2) is 15.7 Å². The Kier molecular flexibility index (Phi) is 4.80. The van der Waals surface area contributed by atoms with Crippen LogP contribution < -0.4 is 4.90 Å². The molecule has 2 unspecified atom stereocenters. The van der Waals surface area contributed by atoms with Crippen LogP contribution in [0.5, 0.6) is 5.75 Å². The fraction of sp³-hybridized carbons (Fsp3) is 0.0556. The third kappa shape index (κ3) is 3.30. The van der Waals surface area contributed by atoms with Crippen LogP contribution in [0.2, 0.25) is 0 Å². The fourth-order valence-electron chi connectivity index (χ4n) is 6.50. The van der Waals surface area contributed by atoms with Gasteiger partial charge in [0, 0.05) is 45.4 Å². The summed E-state index contributed by atoms with van der Waals surface area (Å²) in [5, 5.41) is 13.5. The molecule has 1 aliphatic heterocycles. The minimum atomic E-state index is 0.208. The number of aromatic hydroxyl groups is 1. The van der Waals surface area contributed by atoms with Crippen molar-refractivity contribution in [3.8, 4) is 16.9 Å². The van der Waals surface area contributed by atoms with Crippen LogP contribution in [0.25, 0.3) is 38.6 Å². The first-order chi connectivity index (χ1) is 19.3. The number of hydrogen-bond acceptors (Lipinski definition) is 2. The summed E-state index contributed by atoms with van der Waals surface area (Å²) in [5.74, 6) is 0.507. The maximum Gasteiger partial charge on any atom is 0.125 e. The third-order valence-electron chi connectivity index (χ3n) is 8.20. The van der Waals surface area contributed by atoms with Gasteiger partial charge in [-0.3, -0.25) is 0 Å². The lowest BCUT2D eigenvalue weighted by Crippen LogP contribution is -2.29. The Labute approximate surface area is 227 Å². The molecule has 0 bridgehead atoms. The van der Waals surface area contributed by atoms with Crippen molar-refractivity contribution in [2.75, 3.05) is 4.90 Å². The van der Waals surface area contributed by atoms with Crippen LogP contribution in [0.3, 0.4) is 0 Å². The summed E-state index contributed by atoms with van der Waals surface area (Å²) in [6.45, 7) is 0. The zero-order valence-electron chi connectivity index (χ0n) is 21.3. The van der Waals surface area contributed by atoms with E-state index >= 15 is 0 Å². The van der Waals surface area contributed by atoms with E-state index in [-0.39, 0.29) is 17.7 Å². The van der Waals surface area contributed by atoms with Crippen LogP contribution in [-0.2, 0) is 0 Å². The molecule has 0 radical (unpaired) electrons. The summed E-state index contributed by atoms with van der Waals surface area (Å²) < 4.78 is 2.31. The number of hydrogen-bond donors (Lipinski definition) is 1. The van der Waals surface area contributed by atoms with E-state index in [2.05, 4.69) is 113 Å². The van der Waals surface area contributed by atoms with Crippen molar-refractivity contribution >= 4 is 38.9 Å². The van der Waals surface area contributed by atoms with E-state index in [0.29, 0.717) is 0 Å². The van der Waals surface area contributed by atoms with Gasteiger partial charge in [0.25, 0.3) is 0 Å². The summed E-state index contributed by atoms with van der Waals surface area (Å²) in [4.78, 5) is 2.45. The zero-order valence-corrected chi connectivity index (χ0v) is 21.3. The van der Waals surface area contributed by atoms with Crippen LogP contribution in [0.1, 0.15) is 11.5 Å². The maximum absolute atomic E-state index is 11.2. The molecule has 2 atom stereocenters. The van der Waals surface area contributed by atoms with Crippen molar-refractivity contribution < 1.29 is 5.11 Å². The molecule has 0 amide bonds. The summed E-state index contributed by atoms with van der Waals surface area (Å²) in [6.07, 6.45) is 6.99. The average molecular weight is 503 g/mol. The molecule has 39 heavy (non-hydrogen) atoms. The van der Waals surface area contributed by atoms with Gasteiger partial charge in [-0.05, 0) is 47.5 Å². The van der Waals surface area contributed by atoms with Gasteiger partial charge in [-0.1, -0.05) is 97.1 Å². The summed E-state index contributed by atoms with van der Waals surface area (Å²) >= 11 is 0. The van der Waals surface area contributed by atoms with Crippen LogP contribution in [0.4, 0.5) is 11.4 Å². The van der Waals surface area contributed by atoms with Gasteiger partial charge in [-0.25, -0.2) is 0 Å². The number of phenols is 1. The van der Waals surface area contributed by atoms with E-state index in [1.54, 1.807) is 0 Å². The van der Waals surface area contributed by atoms with Gasteiger partial charge in [0.05, 0.1) is 17.1 Å². The van der Waals surface area contributed by atoms with Gasteiger partial charge in [0.2, 0.25) is 0 Å². The second-order valence-corrected chi connectivity index (χ2v) is 10.3.